The number of hydrogen-bond acceptors (Lipinski definition) is 5. The van der Waals surface area contributed by atoms with Crippen LogP contribution in [0.4, 0.5) is 4.79 Å². The van der Waals surface area contributed by atoms with Crippen molar-refractivity contribution >= 4 is 18.0 Å². The molecule has 3 unspecified atom stereocenters. The molecule has 8 nitrogen and oxygen atoms in total. The van der Waals surface area contributed by atoms with Crippen molar-refractivity contribution in [2.75, 3.05) is 26.9 Å². The minimum absolute atomic E-state index is 0.0780. The molecule has 186 valence electrons. The van der Waals surface area contributed by atoms with Crippen LogP contribution in [0.5, 0.6) is 0 Å². The Labute approximate surface area is 205 Å². The van der Waals surface area contributed by atoms with Gasteiger partial charge in [0.05, 0.1) is 5.92 Å². The molecule has 3 atom stereocenters. The Morgan fingerprint density at radius 2 is 1.71 bits per heavy atom. The average Bonchev–Trinajstić information content (AvgIpc) is 3.40. The van der Waals surface area contributed by atoms with Crippen LogP contribution in [0.3, 0.4) is 0 Å². The first-order valence-corrected chi connectivity index (χ1v) is 12.1. The number of methoxy groups -OCH3 is 1. The summed E-state index contributed by atoms with van der Waals surface area (Å²) < 4.78 is 10.7. The quantitative estimate of drug-likeness (QED) is 0.531. The Morgan fingerprint density at radius 3 is 2.29 bits per heavy atom. The fraction of sp³-hybridized carbons (Fsp3) is 0.444. The molecule has 1 heterocycles. The van der Waals surface area contributed by atoms with Crippen LogP contribution in [0.1, 0.15) is 43.2 Å². The van der Waals surface area contributed by atoms with Gasteiger partial charge in [0, 0.05) is 32.2 Å². The second-order valence-electron chi connectivity index (χ2n) is 9.16. The maximum absolute atomic E-state index is 13.3. The number of carbonyl (C=O) groups is 3. The second-order valence-corrected chi connectivity index (χ2v) is 9.16. The molecule has 1 aliphatic carbocycles. The number of rotatable bonds is 9. The largest absolute Gasteiger partial charge is 0.481 e. The Bertz CT molecular complexity index is 1040. The van der Waals surface area contributed by atoms with Crippen molar-refractivity contribution in [2.24, 2.45) is 5.92 Å². The van der Waals surface area contributed by atoms with Crippen molar-refractivity contribution in [1.29, 1.82) is 0 Å². The van der Waals surface area contributed by atoms with Crippen molar-refractivity contribution in [1.82, 2.24) is 10.2 Å². The summed E-state index contributed by atoms with van der Waals surface area (Å²) in [5, 5.41) is 12.1. The van der Waals surface area contributed by atoms with Gasteiger partial charge in [-0.2, -0.15) is 0 Å². The van der Waals surface area contributed by atoms with E-state index in [0.717, 1.165) is 22.3 Å². The van der Waals surface area contributed by atoms with Gasteiger partial charge in [-0.05, 0) is 48.4 Å². The SMILES string of the molecule is COCCCC(NC(=O)OCC1c2ccccc2-c2ccccc21)C(=O)N1CCC(C(=O)O)C1C. The Kier molecular flexibility index (Phi) is 7.70. The average molecular weight is 481 g/mol. The zero-order valence-electron chi connectivity index (χ0n) is 20.1. The summed E-state index contributed by atoms with van der Waals surface area (Å²) in [6, 6.07) is 14.9. The molecule has 1 aliphatic heterocycles. The van der Waals surface area contributed by atoms with Gasteiger partial charge in [0.15, 0.2) is 0 Å². The molecule has 0 spiro atoms. The summed E-state index contributed by atoms with van der Waals surface area (Å²) in [5.41, 5.74) is 4.50. The molecular formula is C27H32N2O6. The molecule has 1 saturated heterocycles. The number of aliphatic carboxylic acids is 1. The summed E-state index contributed by atoms with van der Waals surface area (Å²) in [7, 11) is 1.58. The third-order valence-electron chi connectivity index (χ3n) is 7.13. The lowest BCUT2D eigenvalue weighted by Gasteiger charge is -2.28. The second kappa shape index (κ2) is 10.9. The van der Waals surface area contributed by atoms with Crippen LogP contribution >= 0.6 is 0 Å². The van der Waals surface area contributed by atoms with Gasteiger partial charge in [0.25, 0.3) is 0 Å². The highest BCUT2D eigenvalue weighted by molar-refractivity contribution is 5.87. The number of carboxylic acids is 1. The lowest BCUT2D eigenvalue weighted by atomic mass is 9.98. The number of benzene rings is 2. The normalized spacial score (nSPS) is 19.7. The molecule has 35 heavy (non-hydrogen) atoms. The molecule has 0 bridgehead atoms. The molecule has 0 saturated carbocycles. The summed E-state index contributed by atoms with van der Waals surface area (Å²) in [6.07, 6.45) is 0.681. The van der Waals surface area contributed by atoms with Crippen molar-refractivity contribution in [3.63, 3.8) is 0 Å². The van der Waals surface area contributed by atoms with Crippen LogP contribution in [0.2, 0.25) is 0 Å². The smallest absolute Gasteiger partial charge is 0.407 e. The molecule has 2 amide bonds. The van der Waals surface area contributed by atoms with E-state index in [9.17, 15) is 19.5 Å². The Balaban J connectivity index is 1.42. The third kappa shape index (κ3) is 5.17. The van der Waals surface area contributed by atoms with Gasteiger partial charge in [0.1, 0.15) is 12.6 Å². The highest BCUT2D eigenvalue weighted by Crippen LogP contribution is 2.44. The van der Waals surface area contributed by atoms with Crippen LogP contribution in [0.25, 0.3) is 11.1 Å². The fourth-order valence-electron chi connectivity index (χ4n) is 5.25. The lowest BCUT2D eigenvalue weighted by Crippen LogP contribution is -2.50. The van der Waals surface area contributed by atoms with Crippen molar-refractivity contribution < 1.29 is 29.0 Å². The standard InChI is InChI=1S/C27H32N2O6/c1-17-18(26(31)32)13-14-29(17)25(30)24(12-7-15-34-2)28-27(33)35-16-23-21-10-5-3-8-19(21)20-9-4-6-11-22(20)23/h3-6,8-11,17-18,23-24H,7,12-16H2,1-2H3,(H,28,33)(H,31,32). The highest BCUT2D eigenvalue weighted by Gasteiger charge is 2.40. The van der Waals surface area contributed by atoms with Crippen molar-refractivity contribution in [3.8, 4) is 11.1 Å². The third-order valence-corrected chi connectivity index (χ3v) is 7.13. The molecule has 2 N–H and O–H groups in total. The summed E-state index contributed by atoms with van der Waals surface area (Å²) in [6.45, 7) is 2.69. The van der Waals surface area contributed by atoms with E-state index >= 15 is 0 Å². The van der Waals surface area contributed by atoms with E-state index in [1.165, 1.54) is 0 Å². The van der Waals surface area contributed by atoms with Crippen LogP contribution < -0.4 is 5.32 Å². The minimum atomic E-state index is -0.909. The van der Waals surface area contributed by atoms with Crippen molar-refractivity contribution in [3.05, 3.63) is 59.7 Å². The van der Waals surface area contributed by atoms with E-state index in [1.54, 1.807) is 18.9 Å². The van der Waals surface area contributed by atoms with Gasteiger partial charge in [-0.1, -0.05) is 48.5 Å². The number of carbonyl (C=O) groups excluding carboxylic acids is 2. The van der Waals surface area contributed by atoms with Crippen LogP contribution in [0.15, 0.2) is 48.5 Å². The molecule has 0 aromatic heterocycles. The minimum Gasteiger partial charge on any atom is -0.481 e. The molecule has 2 aliphatic rings. The number of nitrogens with zero attached hydrogens (tertiary/aromatic N) is 1. The molecule has 0 radical (unpaired) electrons. The summed E-state index contributed by atoms with van der Waals surface area (Å²) >= 11 is 0. The first kappa shape index (κ1) is 24.7. The van der Waals surface area contributed by atoms with Crippen LogP contribution in [0, 0.1) is 5.92 Å². The number of fused-ring (bicyclic) bond motifs is 3. The topological polar surface area (TPSA) is 105 Å². The molecule has 2 aromatic carbocycles. The fourth-order valence-corrected chi connectivity index (χ4v) is 5.25. The number of hydrogen-bond donors (Lipinski definition) is 2. The van der Waals surface area contributed by atoms with E-state index in [1.807, 2.05) is 36.4 Å². The maximum atomic E-state index is 13.3. The lowest BCUT2D eigenvalue weighted by molar-refractivity contribution is -0.143. The van der Waals surface area contributed by atoms with Gasteiger partial charge in [-0.3, -0.25) is 9.59 Å². The van der Waals surface area contributed by atoms with E-state index in [2.05, 4.69) is 17.4 Å². The Hall–Kier alpha value is -3.39. The zero-order valence-corrected chi connectivity index (χ0v) is 20.1. The van der Waals surface area contributed by atoms with Gasteiger partial charge in [0.2, 0.25) is 5.91 Å². The van der Waals surface area contributed by atoms with Gasteiger partial charge >= 0.3 is 12.1 Å². The molecule has 4 rings (SSSR count). The van der Waals surface area contributed by atoms with E-state index in [4.69, 9.17) is 9.47 Å². The van der Waals surface area contributed by atoms with Crippen LogP contribution in [-0.4, -0.2) is 66.9 Å². The first-order valence-electron chi connectivity index (χ1n) is 12.1. The summed E-state index contributed by atoms with van der Waals surface area (Å²) in [4.78, 5) is 39.1. The van der Waals surface area contributed by atoms with E-state index < -0.39 is 30.1 Å². The van der Waals surface area contributed by atoms with E-state index in [0.29, 0.717) is 32.4 Å². The van der Waals surface area contributed by atoms with Gasteiger partial charge < -0.3 is 24.8 Å². The van der Waals surface area contributed by atoms with Crippen LogP contribution in [-0.2, 0) is 19.1 Å². The number of carboxylic acid groups (broad SMARTS) is 1. The molecular weight excluding hydrogens is 448 g/mol. The number of amides is 2. The number of nitrogens with one attached hydrogen (secondary N) is 1. The van der Waals surface area contributed by atoms with Gasteiger partial charge in [-0.15, -0.1) is 0 Å². The van der Waals surface area contributed by atoms with Gasteiger partial charge in [-0.25, -0.2) is 4.79 Å². The predicted molar refractivity (Wildman–Crippen MR) is 130 cm³/mol. The number of ether oxygens (including phenoxy) is 2. The molecule has 1 fully saturated rings. The molecule has 2 aromatic rings. The highest BCUT2D eigenvalue weighted by atomic mass is 16.5. The first-order chi connectivity index (χ1) is 16.9. The monoisotopic (exact) mass is 480 g/mol. The Morgan fingerprint density at radius 1 is 1.09 bits per heavy atom. The number of alkyl carbamates (subject to hydrolysis) is 1. The van der Waals surface area contributed by atoms with Crippen molar-refractivity contribution in [2.45, 2.75) is 44.2 Å². The zero-order chi connectivity index (χ0) is 24.9. The number of likely N-dealkylation sites (tertiary alicyclic amines) is 1. The molecule has 8 heteroatoms. The predicted octanol–water partition coefficient (Wildman–Crippen LogP) is 3.64. The van der Waals surface area contributed by atoms with E-state index in [-0.39, 0.29) is 18.4 Å². The summed E-state index contributed by atoms with van der Waals surface area (Å²) in [5.74, 6) is -1.88. The maximum Gasteiger partial charge on any atom is 0.407 e.